The van der Waals surface area contributed by atoms with Gasteiger partial charge in [-0.3, -0.25) is 4.79 Å². The van der Waals surface area contributed by atoms with Gasteiger partial charge in [0.1, 0.15) is 5.82 Å². The van der Waals surface area contributed by atoms with E-state index in [1.807, 2.05) is 31.2 Å². The maximum Gasteiger partial charge on any atom is 0.261 e. The number of oxime groups is 1. The van der Waals surface area contributed by atoms with Crippen LogP contribution in [0.1, 0.15) is 43.4 Å². The molecule has 0 saturated carbocycles. The second kappa shape index (κ2) is 10.1. The van der Waals surface area contributed by atoms with Crippen LogP contribution in [0.5, 0.6) is 0 Å². The Morgan fingerprint density at radius 2 is 1.97 bits per heavy atom. The van der Waals surface area contributed by atoms with E-state index in [0.717, 1.165) is 24.5 Å². The Labute approximate surface area is 175 Å². The Morgan fingerprint density at radius 1 is 1.24 bits per heavy atom. The normalized spacial score (nSPS) is 15.7. The lowest BCUT2D eigenvalue weighted by atomic mass is 10.1. The molecule has 3 rings (SSSR count). The quantitative estimate of drug-likeness (QED) is 0.411. The first-order chi connectivity index (χ1) is 14.0. The number of nitrogens with one attached hydrogen (secondary N) is 1. The SMILES string of the molecule is CC(NC(=O)CO/N=C(/N)c1ccc(N2CCCCC2)nc1)c1ccc(Cl)cc1. The molecular weight excluding hydrogens is 390 g/mol. The second-order valence-corrected chi connectivity index (χ2v) is 7.48. The summed E-state index contributed by atoms with van der Waals surface area (Å²) in [6, 6.07) is 10.9. The van der Waals surface area contributed by atoms with Crippen LogP contribution in [-0.2, 0) is 9.63 Å². The Kier molecular flexibility index (Phi) is 7.30. The number of hydrogen-bond acceptors (Lipinski definition) is 5. The Morgan fingerprint density at radius 3 is 2.62 bits per heavy atom. The zero-order valence-corrected chi connectivity index (χ0v) is 17.2. The van der Waals surface area contributed by atoms with E-state index in [2.05, 4.69) is 20.4 Å². The van der Waals surface area contributed by atoms with Crippen molar-refractivity contribution < 1.29 is 9.63 Å². The molecule has 1 atom stereocenters. The predicted molar refractivity (Wildman–Crippen MR) is 115 cm³/mol. The van der Waals surface area contributed by atoms with Crippen molar-refractivity contribution in [2.45, 2.75) is 32.2 Å². The number of carbonyl (C=O) groups is 1. The van der Waals surface area contributed by atoms with Crippen LogP contribution in [0, 0.1) is 0 Å². The van der Waals surface area contributed by atoms with Gasteiger partial charge in [-0.25, -0.2) is 4.98 Å². The molecule has 7 nitrogen and oxygen atoms in total. The zero-order chi connectivity index (χ0) is 20.6. The summed E-state index contributed by atoms with van der Waals surface area (Å²) in [4.78, 5) is 23.9. The monoisotopic (exact) mass is 415 g/mol. The number of nitrogens with two attached hydrogens (primary N) is 1. The van der Waals surface area contributed by atoms with Gasteiger partial charge in [-0.1, -0.05) is 28.9 Å². The standard InChI is InChI=1S/C21H26ClN5O2/c1-15(16-5-8-18(22)9-6-16)25-20(28)14-29-26-21(23)17-7-10-19(24-13-17)27-11-3-2-4-12-27/h5-10,13,15H,2-4,11-12,14H2,1H3,(H2,23,26)(H,25,28). The first-order valence-electron chi connectivity index (χ1n) is 9.74. The number of anilines is 1. The van der Waals surface area contributed by atoms with E-state index in [1.54, 1.807) is 18.3 Å². The average molecular weight is 416 g/mol. The number of pyridine rings is 1. The minimum atomic E-state index is -0.289. The van der Waals surface area contributed by atoms with Crippen molar-refractivity contribution in [1.82, 2.24) is 10.3 Å². The van der Waals surface area contributed by atoms with E-state index in [4.69, 9.17) is 22.2 Å². The average Bonchev–Trinajstić information content (AvgIpc) is 2.75. The van der Waals surface area contributed by atoms with E-state index in [-0.39, 0.29) is 24.4 Å². The molecule has 1 saturated heterocycles. The third-order valence-electron chi connectivity index (χ3n) is 4.83. The molecule has 1 amide bonds. The molecule has 0 bridgehead atoms. The summed E-state index contributed by atoms with van der Waals surface area (Å²) in [5.74, 6) is 0.835. The van der Waals surface area contributed by atoms with Gasteiger partial charge in [-0.2, -0.15) is 0 Å². The minimum absolute atomic E-state index is 0.170. The maximum atomic E-state index is 12.0. The molecular formula is C21H26ClN5O2. The number of aromatic nitrogens is 1. The van der Waals surface area contributed by atoms with Crippen molar-refractivity contribution in [2.75, 3.05) is 24.6 Å². The van der Waals surface area contributed by atoms with Crippen molar-refractivity contribution >= 4 is 29.2 Å². The number of amides is 1. The lowest BCUT2D eigenvalue weighted by molar-refractivity contribution is -0.126. The molecule has 0 radical (unpaired) electrons. The first kappa shape index (κ1) is 20.9. The number of rotatable bonds is 7. The molecule has 2 aromatic rings. The zero-order valence-electron chi connectivity index (χ0n) is 16.5. The summed E-state index contributed by atoms with van der Waals surface area (Å²) in [7, 11) is 0. The van der Waals surface area contributed by atoms with Gasteiger partial charge in [-0.15, -0.1) is 0 Å². The highest BCUT2D eigenvalue weighted by atomic mass is 35.5. The Hall–Kier alpha value is -2.80. The van der Waals surface area contributed by atoms with Crippen LogP contribution >= 0.6 is 11.6 Å². The highest BCUT2D eigenvalue weighted by molar-refractivity contribution is 6.30. The molecule has 2 heterocycles. The van der Waals surface area contributed by atoms with Gasteiger partial charge in [0.2, 0.25) is 0 Å². The van der Waals surface area contributed by atoms with Gasteiger partial charge in [0.25, 0.3) is 5.91 Å². The molecule has 29 heavy (non-hydrogen) atoms. The summed E-state index contributed by atoms with van der Waals surface area (Å²) in [6.45, 7) is 3.72. The van der Waals surface area contributed by atoms with Crippen LogP contribution < -0.4 is 16.0 Å². The molecule has 1 aliphatic rings. The number of piperidine rings is 1. The molecule has 1 aromatic carbocycles. The number of benzene rings is 1. The van der Waals surface area contributed by atoms with E-state index in [0.29, 0.717) is 10.6 Å². The highest BCUT2D eigenvalue weighted by Crippen LogP contribution is 2.18. The van der Waals surface area contributed by atoms with Crippen molar-refractivity contribution in [3.05, 3.63) is 58.7 Å². The highest BCUT2D eigenvalue weighted by Gasteiger charge is 2.13. The summed E-state index contributed by atoms with van der Waals surface area (Å²) in [5.41, 5.74) is 7.55. The van der Waals surface area contributed by atoms with E-state index in [1.165, 1.54) is 19.3 Å². The Bertz CT molecular complexity index is 833. The van der Waals surface area contributed by atoms with Gasteiger partial charge >= 0.3 is 0 Å². The maximum absolute atomic E-state index is 12.0. The van der Waals surface area contributed by atoms with Crippen molar-refractivity contribution in [1.29, 1.82) is 0 Å². The molecule has 154 valence electrons. The summed E-state index contributed by atoms with van der Waals surface area (Å²) in [5, 5.41) is 7.32. The summed E-state index contributed by atoms with van der Waals surface area (Å²) >= 11 is 5.88. The molecule has 0 spiro atoms. The largest absolute Gasteiger partial charge is 0.384 e. The van der Waals surface area contributed by atoms with Crippen molar-refractivity contribution in [3.8, 4) is 0 Å². The number of carbonyl (C=O) groups excluding carboxylic acids is 1. The number of nitrogens with zero attached hydrogens (tertiary/aromatic N) is 3. The smallest absolute Gasteiger partial charge is 0.261 e. The van der Waals surface area contributed by atoms with Gasteiger partial charge in [0.05, 0.1) is 6.04 Å². The van der Waals surface area contributed by atoms with Gasteiger partial charge in [0, 0.05) is 29.9 Å². The van der Waals surface area contributed by atoms with E-state index in [9.17, 15) is 4.79 Å². The molecule has 1 aliphatic heterocycles. The van der Waals surface area contributed by atoms with Crippen LogP contribution in [0.25, 0.3) is 0 Å². The third kappa shape index (κ3) is 6.09. The number of halogens is 1. The lowest BCUT2D eigenvalue weighted by Crippen LogP contribution is -2.30. The predicted octanol–water partition coefficient (Wildman–Crippen LogP) is 3.24. The molecule has 1 unspecified atom stereocenters. The van der Waals surface area contributed by atoms with Crippen molar-refractivity contribution in [2.24, 2.45) is 10.9 Å². The number of amidine groups is 1. The van der Waals surface area contributed by atoms with Crippen LogP contribution in [0.3, 0.4) is 0 Å². The lowest BCUT2D eigenvalue weighted by Gasteiger charge is -2.27. The topological polar surface area (TPSA) is 92.8 Å². The van der Waals surface area contributed by atoms with Crippen molar-refractivity contribution in [3.63, 3.8) is 0 Å². The first-order valence-corrected chi connectivity index (χ1v) is 10.1. The third-order valence-corrected chi connectivity index (χ3v) is 5.08. The van der Waals surface area contributed by atoms with Gasteiger partial charge < -0.3 is 20.8 Å². The second-order valence-electron chi connectivity index (χ2n) is 7.04. The molecule has 1 aromatic heterocycles. The van der Waals surface area contributed by atoms with E-state index < -0.39 is 0 Å². The molecule has 8 heteroatoms. The van der Waals surface area contributed by atoms with Gasteiger partial charge in [-0.05, 0) is 56.0 Å². The molecule has 3 N–H and O–H groups in total. The Balaban J connectivity index is 1.47. The van der Waals surface area contributed by atoms with E-state index >= 15 is 0 Å². The fraction of sp³-hybridized carbons (Fsp3) is 0.381. The molecule has 1 fully saturated rings. The van der Waals surface area contributed by atoms with Gasteiger partial charge in [0.15, 0.2) is 12.4 Å². The molecule has 0 aliphatic carbocycles. The van der Waals surface area contributed by atoms with Crippen LogP contribution in [0.15, 0.2) is 47.8 Å². The van der Waals surface area contributed by atoms with Crippen LogP contribution in [0.2, 0.25) is 5.02 Å². The van der Waals surface area contributed by atoms with Crippen LogP contribution in [-0.4, -0.2) is 36.4 Å². The summed E-state index contributed by atoms with van der Waals surface area (Å²) < 4.78 is 0. The minimum Gasteiger partial charge on any atom is -0.384 e. The summed E-state index contributed by atoms with van der Waals surface area (Å²) in [6.07, 6.45) is 5.34. The fourth-order valence-electron chi connectivity index (χ4n) is 3.18. The number of hydrogen-bond donors (Lipinski definition) is 2. The van der Waals surface area contributed by atoms with Crippen LogP contribution in [0.4, 0.5) is 5.82 Å². The fourth-order valence-corrected chi connectivity index (χ4v) is 3.30.